The Balaban J connectivity index is 1.47. The van der Waals surface area contributed by atoms with Crippen molar-refractivity contribution in [3.63, 3.8) is 0 Å². The molecule has 5 nitrogen and oxygen atoms in total. The van der Waals surface area contributed by atoms with Crippen LogP contribution in [0.5, 0.6) is 11.5 Å². The number of rotatable bonds is 5. The summed E-state index contributed by atoms with van der Waals surface area (Å²) >= 11 is 0. The molecule has 132 valence electrons. The summed E-state index contributed by atoms with van der Waals surface area (Å²) in [7, 11) is 0. The number of phenols is 1. The molecule has 3 rings (SSSR count). The van der Waals surface area contributed by atoms with Crippen molar-refractivity contribution < 1.29 is 14.6 Å². The van der Waals surface area contributed by atoms with Crippen molar-refractivity contribution in [3.05, 3.63) is 60.2 Å². The van der Waals surface area contributed by atoms with Crippen LogP contribution in [0.1, 0.15) is 18.5 Å². The molecule has 2 aromatic carbocycles. The van der Waals surface area contributed by atoms with E-state index in [0.29, 0.717) is 24.9 Å². The van der Waals surface area contributed by atoms with E-state index in [0.717, 1.165) is 13.1 Å². The number of nitrogens with zero attached hydrogens (tertiary/aromatic N) is 2. The molecule has 0 radical (unpaired) electrons. The number of piperazine rings is 1. The Bertz CT molecular complexity index is 697. The van der Waals surface area contributed by atoms with Gasteiger partial charge in [0.05, 0.1) is 0 Å². The van der Waals surface area contributed by atoms with Crippen LogP contribution in [0.3, 0.4) is 0 Å². The fraction of sp³-hybridized carbons (Fsp3) is 0.350. The fourth-order valence-electron chi connectivity index (χ4n) is 3.11. The molecule has 0 aromatic heterocycles. The number of hydrogen-bond acceptors (Lipinski definition) is 4. The monoisotopic (exact) mass is 340 g/mol. The van der Waals surface area contributed by atoms with Crippen LogP contribution in [-0.2, 0) is 4.79 Å². The van der Waals surface area contributed by atoms with E-state index >= 15 is 0 Å². The maximum absolute atomic E-state index is 12.3. The van der Waals surface area contributed by atoms with Crippen LogP contribution in [0.15, 0.2) is 54.6 Å². The highest BCUT2D eigenvalue weighted by molar-refractivity contribution is 5.77. The zero-order valence-electron chi connectivity index (χ0n) is 14.5. The Hall–Kier alpha value is -2.53. The van der Waals surface area contributed by atoms with Gasteiger partial charge in [-0.2, -0.15) is 0 Å². The van der Waals surface area contributed by atoms with Gasteiger partial charge in [0.15, 0.2) is 6.61 Å². The largest absolute Gasteiger partial charge is 0.508 e. The second kappa shape index (κ2) is 8.03. The van der Waals surface area contributed by atoms with Crippen molar-refractivity contribution in [2.24, 2.45) is 0 Å². The highest BCUT2D eigenvalue weighted by Gasteiger charge is 2.24. The van der Waals surface area contributed by atoms with Gasteiger partial charge in [0, 0.05) is 38.3 Å². The van der Waals surface area contributed by atoms with E-state index in [1.807, 2.05) is 11.0 Å². The lowest BCUT2D eigenvalue weighted by atomic mass is 10.1. The molecule has 0 aliphatic carbocycles. The smallest absolute Gasteiger partial charge is 0.260 e. The van der Waals surface area contributed by atoms with Crippen LogP contribution in [0.2, 0.25) is 0 Å². The van der Waals surface area contributed by atoms with E-state index in [-0.39, 0.29) is 18.3 Å². The van der Waals surface area contributed by atoms with Crippen LogP contribution in [0.25, 0.3) is 0 Å². The Kier molecular flexibility index (Phi) is 5.56. The third-order valence-electron chi connectivity index (χ3n) is 4.68. The van der Waals surface area contributed by atoms with Gasteiger partial charge in [0.1, 0.15) is 11.5 Å². The number of carbonyl (C=O) groups is 1. The number of benzene rings is 2. The summed E-state index contributed by atoms with van der Waals surface area (Å²) in [6, 6.07) is 17.3. The van der Waals surface area contributed by atoms with E-state index in [1.54, 1.807) is 18.2 Å². The molecule has 1 fully saturated rings. The standard InChI is InChI=1S/C20H24N2O3/c1-16(17-6-3-2-4-7-17)21-10-12-22(13-11-21)20(24)15-25-19-9-5-8-18(23)14-19/h2-9,14,16,23H,10-13,15H2,1H3. The number of ether oxygens (including phenoxy) is 1. The molecule has 1 saturated heterocycles. The fourth-order valence-corrected chi connectivity index (χ4v) is 3.11. The Morgan fingerprint density at radius 2 is 1.80 bits per heavy atom. The summed E-state index contributed by atoms with van der Waals surface area (Å²) in [5, 5.41) is 9.42. The summed E-state index contributed by atoms with van der Waals surface area (Å²) in [5.41, 5.74) is 1.30. The van der Waals surface area contributed by atoms with Gasteiger partial charge in [-0.1, -0.05) is 36.4 Å². The van der Waals surface area contributed by atoms with Crippen molar-refractivity contribution in [1.82, 2.24) is 9.80 Å². The average Bonchev–Trinajstić information content (AvgIpc) is 2.66. The van der Waals surface area contributed by atoms with E-state index < -0.39 is 0 Å². The third kappa shape index (κ3) is 4.51. The molecule has 1 amide bonds. The van der Waals surface area contributed by atoms with Crippen molar-refractivity contribution in [2.45, 2.75) is 13.0 Å². The SMILES string of the molecule is CC(c1ccccc1)N1CCN(C(=O)COc2cccc(O)c2)CC1. The molecular weight excluding hydrogens is 316 g/mol. The van der Waals surface area contributed by atoms with Gasteiger partial charge in [-0.05, 0) is 24.6 Å². The van der Waals surface area contributed by atoms with Gasteiger partial charge in [-0.3, -0.25) is 9.69 Å². The number of carbonyl (C=O) groups excluding carboxylic acids is 1. The molecule has 0 bridgehead atoms. The number of amides is 1. The first-order valence-corrected chi connectivity index (χ1v) is 8.62. The second-order valence-corrected chi connectivity index (χ2v) is 6.29. The van der Waals surface area contributed by atoms with Crippen molar-refractivity contribution in [3.8, 4) is 11.5 Å². The summed E-state index contributed by atoms with van der Waals surface area (Å²) in [4.78, 5) is 16.6. The Morgan fingerprint density at radius 1 is 1.08 bits per heavy atom. The van der Waals surface area contributed by atoms with Gasteiger partial charge in [0.2, 0.25) is 0 Å². The topological polar surface area (TPSA) is 53.0 Å². The van der Waals surface area contributed by atoms with Crippen LogP contribution in [0.4, 0.5) is 0 Å². The van der Waals surface area contributed by atoms with Gasteiger partial charge in [-0.25, -0.2) is 0 Å². The van der Waals surface area contributed by atoms with E-state index in [2.05, 4.69) is 36.1 Å². The minimum atomic E-state index is -0.0182. The Morgan fingerprint density at radius 3 is 2.48 bits per heavy atom. The molecule has 0 spiro atoms. The summed E-state index contributed by atoms with van der Waals surface area (Å²) in [6.07, 6.45) is 0. The zero-order chi connectivity index (χ0) is 17.6. The first-order chi connectivity index (χ1) is 12.1. The third-order valence-corrected chi connectivity index (χ3v) is 4.68. The molecule has 5 heteroatoms. The first-order valence-electron chi connectivity index (χ1n) is 8.62. The van der Waals surface area contributed by atoms with E-state index in [9.17, 15) is 9.90 Å². The van der Waals surface area contributed by atoms with Crippen LogP contribution >= 0.6 is 0 Å². The van der Waals surface area contributed by atoms with Crippen molar-refractivity contribution >= 4 is 5.91 Å². The summed E-state index contributed by atoms with van der Waals surface area (Å²) < 4.78 is 5.48. The van der Waals surface area contributed by atoms with E-state index in [4.69, 9.17) is 4.74 Å². The molecule has 1 N–H and O–H groups in total. The summed E-state index contributed by atoms with van der Waals surface area (Å²) in [5.74, 6) is 0.619. The average molecular weight is 340 g/mol. The van der Waals surface area contributed by atoms with Gasteiger partial charge in [-0.15, -0.1) is 0 Å². The number of hydrogen-bond donors (Lipinski definition) is 1. The quantitative estimate of drug-likeness (QED) is 0.909. The number of phenolic OH excluding ortho intramolecular Hbond substituents is 1. The van der Waals surface area contributed by atoms with Crippen molar-refractivity contribution in [1.29, 1.82) is 0 Å². The maximum Gasteiger partial charge on any atom is 0.260 e. The predicted molar refractivity (Wildman–Crippen MR) is 96.6 cm³/mol. The van der Waals surface area contributed by atoms with Crippen LogP contribution < -0.4 is 4.74 Å². The minimum absolute atomic E-state index is 0.00229. The zero-order valence-corrected chi connectivity index (χ0v) is 14.5. The minimum Gasteiger partial charge on any atom is -0.508 e. The highest BCUT2D eigenvalue weighted by atomic mass is 16.5. The lowest BCUT2D eigenvalue weighted by molar-refractivity contribution is -0.135. The van der Waals surface area contributed by atoms with Gasteiger partial charge >= 0.3 is 0 Å². The normalized spacial score (nSPS) is 16.4. The van der Waals surface area contributed by atoms with Crippen LogP contribution in [0, 0.1) is 0 Å². The summed E-state index contributed by atoms with van der Waals surface area (Å²) in [6.45, 7) is 5.33. The molecule has 25 heavy (non-hydrogen) atoms. The lowest BCUT2D eigenvalue weighted by Crippen LogP contribution is -2.50. The molecular formula is C20H24N2O3. The van der Waals surface area contributed by atoms with Crippen LogP contribution in [-0.4, -0.2) is 53.6 Å². The molecule has 1 unspecified atom stereocenters. The maximum atomic E-state index is 12.3. The highest BCUT2D eigenvalue weighted by Crippen LogP contribution is 2.21. The molecule has 0 saturated carbocycles. The van der Waals surface area contributed by atoms with Crippen molar-refractivity contribution in [2.75, 3.05) is 32.8 Å². The molecule has 1 atom stereocenters. The lowest BCUT2D eigenvalue weighted by Gasteiger charge is -2.38. The predicted octanol–water partition coefficient (Wildman–Crippen LogP) is 2.68. The molecule has 1 heterocycles. The Labute approximate surface area is 148 Å². The first kappa shape index (κ1) is 17.3. The molecule has 2 aromatic rings. The molecule has 1 aliphatic rings. The van der Waals surface area contributed by atoms with Gasteiger partial charge in [0.25, 0.3) is 5.91 Å². The second-order valence-electron chi connectivity index (χ2n) is 6.29. The van der Waals surface area contributed by atoms with E-state index in [1.165, 1.54) is 11.6 Å². The molecule has 1 aliphatic heterocycles. The van der Waals surface area contributed by atoms with Gasteiger partial charge < -0.3 is 14.7 Å². The number of aromatic hydroxyl groups is 1.